The standard InChI is InChI=1S/C18H28O4/c1-3-19-5-7-21-17-10-15-9-16(11-17)13-18(12-15,14-17)22-8-6-20-4-2/h3-4,15-16H,1-2,5-14H2. The highest BCUT2D eigenvalue weighted by Gasteiger charge is 2.59. The summed E-state index contributed by atoms with van der Waals surface area (Å²) < 4.78 is 23.0. The third kappa shape index (κ3) is 3.33. The topological polar surface area (TPSA) is 36.9 Å². The van der Waals surface area contributed by atoms with Crippen molar-refractivity contribution in [2.24, 2.45) is 11.8 Å². The molecule has 0 amide bonds. The summed E-state index contributed by atoms with van der Waals surface area (Å²) in [5.74, 6) is 1.50. The summed E-state index contributed by atoms with van der Waals surface area (Å²) in [4.78, 5) is 0. The van der Waals surface area contributed by atoms with Crippen molar-refractivity contribution in [2.45, 2.75) is 49.7 Å². The van der Waals surface area contributed by atoms with Gasteiger partial charge in [-0.3, -0.25) is 0 Å². The molecule has 0 N–H and O–H groups in total. The minimum Gasteiger partial charge on any atom is -0.499 e. The smallest absolute Gasteiger partial charge is 0.111 e. The van der Waals surface area contributed by atoms with E-state index in [-0.39, 0.29) is 11.2 Å². The summed E-state index contributed by atoms with van der Waals surface area (Å²) in [6.45, 7) is 9.59. The number of hydrogen-bond donors (Lipinski definition) is 0. The Labute approximate surface area is 133 Å². The highest BCUT2D eigenvalue weighted by atomic mass is 16.5. The lowest BCUT2D eigenvalue weighted by Gasteiger charge is -2.61. The van der Waals surface area contributed by atoms with E-state index in [2.05, 4.69) is 13.2 Å². The fourth-order valence-electron chi connectivity index (χ4n) is 5.21. The first-order valence-electron chi connectivity index (χ1n) is 8.42. The van der Waals surface area contributed by atoms with Crippen molar-refractivity contribution in [1.82, 2.24) is 0 Å². The Balaban J connectivity index is 1.59. The predicted molar refractivity (Wildman–Crippen MR) is 84.3 cm³/mol. The largest absolute Gasteiger partial charge is 0.499 e. The van der Waals surface area contributed by atoms with Gasteiger partial charge in [-0.05, 0) is 43.9 Å². The molecule has 4 rings (SSSR count). The van der Waals surface area contributed by atoms with Gasteiger partial charge in [-0.2, -0.15) is 0 Å². The van der Waals surface area contributed by atoms with Crippen LogP contribution in [-0.2, 0) is 18.9 Å². The molecule has 4 aliphatic carbocycles. The fraction of sp³-hybridized carbons (Fsp3) is 0.778. The molecule has 0 aromatic carbocycles. The zero-order valence-corrected chi connectivity index (χ0v) is 13.4. The highest BCUT2D eigenvalue weighted by molar-refractivity contribution is 5.10. The first-order chi connectivity index (χ1) is 10.7. The molecule has 0 aromatic heterocycles. The molecule has 0 saturated heterocycles. The lowest BCUT2D eigenvalue weighted by atomic mass is 9.52. The summed E-state index contributed by atoms with van der Waals surface area (Å²) in [6, 6.07) is 0. The minimum atomic E-state index is 0.00784. The van der Waals surface area contributed by atoms with Gasteiger partial charge in [0.25, 0.3) is 0 Å². The monoisotopic (exact) mass is 308 g/mol. The maximum absolute atomic E-state index is 6.30. The molecular formula is C18H28O4. The van der Waals surface area contributed by atoms with Gasteiger partial charge in [-0.15, -0.1) is 0 Å². The summed E-state index contributed by atoms with van der Waals surface area (Å²) >= 11 is 0. The van der Waals surface area contributed by atoms with E-state index in [1.165, 1.54) is 44.6 Å². The van der Waals surface area contributed by atoms with Crippen molar-refractivity contribution in [1.29, 1.82) is 0 Å². The SMILES string of the molecule is C=COCCOC12CC3CC(C1)CC(OCCOC=C)(C3)C2. The second kappa shape index (κ2) is 6.63. The van der Waals surface area contributed by atoms with Gasteiger partial charge in [0, 0.05) is 6.42 Å². The molecule has 0 unspecified atom stereocenters. The van der Waals surface area contributed by atoms with E-state index in [0.29, 0.717) is 26.4 Å². The Morgan fingerprint density at radius 1 is 0.773 bits per heavy atom. The normalized spacial score (nSPS) is 38.7. The average Bonchev–Trinajstić information content (AvgIpc) is 2.47. The van der Waals surface area contributed by atoms with Crippen LogP contribution in [0.1, 0.15) is 38.5 Å². The zero-order chi connectivity index (χ0) is 15.5. The third-order valence-corrected chi connectivity index (χ3v) is 5.41. The number of hydrogen-bond acceptors (Lipinski definition) is 4. The number of rotatable bonds is 10. The Morgan fingerprint density at radius 2 is 1.23 bits per heavy atom. The Hall–Kier alpha value is -1.00. The molecule has 4 bridgehead atoms. The van der Waals surface area contributed by atoms with Crippen LogP contribution < -0.4 is 0 Å². The van der Waals surface area contributed by atoms with E-state index in [1.54, 1.807) is 0 Å². The summed E-state index contributed by atoms with van der Waals surface area (Å²) in [5.41, 5.74) is 0.0157. The molecule has 4 saturated carbocycles. The molecule has 0 heterocycles. The molecule has 124 valence electrons. The van der Waals surface area contributed by atoms with Crippen LogP contribution in [0.2, 0.25) is 0 Å². The Morgan fingerprint density at radius 3 is 1.64 bits per heavy atom. The van der Waals surface area contributed by atoms with Crippen LogP contribution in [0.15, 0.2) is 25.7 Å². The Kier molecular flexibility index (Phi) is 4.79. The molecule has 22 heavy (non-hydrogen) atoms. The van der Waals surface area contributed by atoms with Gasteiger partial charge in [0.05, 0.1) is 36.9 Å². The van der Waals surface area contributed by atoms with E-state index in [9.17, 15) is 0 Å². The molecule has 4 nitrogen and oxygen atoms in total. The van der Waals surface area contributed by atoms with Gasteiger partial charge in [-0.25, -0.2) is 0 Å². The summed E-state index contributed by atoms with van der Waals surface area (Å²) in [5, 5.41) is 0. The second-order valence-corrected chi connectivity index (χ2v) is 7.10. The molecule has 4 aliphatic rings. The van der Waals surface area contributed by atoms with Gasteiger partial charge >= 0.3 is 0 Å². The van der Waals surface area contributed by atoms with Gasteiger partial charge in [0.15, 0.2) is 0 Å². The van der Waals surface area contributed by atoms with Gasteiger partial charge < -0.3 is 18.9 Å². The van der Waals surface area contributed by atoms with Crippen LogP contribution >= 0.6 is 0 Å². The molecule has 0 atom stereocenters. The maximum atomic E-state index is 6.30. The minimum absolute atomic E-state index is 0.00784. The van der Waals surface area contributed by atoms with E-state index in [4.69, 9.17) is 18.9 Å². The van der Waals surface area contributed by atoms with Crippen LogP contribution in [-0.4, -0.2) is 37.6 Å². The Bertz CT molecular complexity index is 358. The van der Waals surface area contributed by atoms with E-state index >= 15 is 0 Å². The highest BCUT2D eigenvalue weighted by Crippen LogP contribution is 2.60. The summed E-state index contributed by atoms with van der Waals surface area (Å²) in [6.07, 6.45) is 10.1. The van der Waals surface area contributed by atoms with Crippen molar-refractivity contribution in [2.75, 3.05) is 26.4 Å². The summed E-state index contributed by atoms with van der Waals surface area (Å²) in [7, 11) is 0. The van der Waals surface area contributed by atoms with Gasteiger partial charge in [0.2, 0.25) is 0 Å². The van der Waals surface area contributed by atoms with E-state index in [0.717, 1.165) is 18.3 Å². The van der Waals surface area contributed by atoms with Gasteiger partial charge in [0.1, 0.15) is 13.2 Å². The molecule has 0 aliphatic heterocycles. The second-order valence-electron chi connectivity index (χ2n) is 7.10. The van der Waals surface area contributed by atoms with E-state index < -0.39 is 0 Å². The van der Waals surface area contributed by atoms with Crippen LogP contribution in [0.5, 0.6) is 0 Å². The molecule has 4 heteroatoms. The average molecular weight is 308 g/mol. The molecule has 0 aromatic rings. The zero-order valence-electron chi connectivity index (χ0n) is 13.4. The van der Waals surface area contributed by atoms with Crippen molar-refractivity contribution < 1.29 is 18.9 Å². The van der Waals surface area contributed by atoms with Crippen molar-refractivity contribution in [3.8, 4) is 0 Å². The predicted octanol–water partition coefficient (Wildman–Crippen LogP) is 3.43. The third-order valence-electron chi connectivity index (χ3n) is 5.41. The quantitative estimate of drug-likeness (QED) is 0.458. The lowest BCUT2D eigenvalue weighted by Crippen LogP contribution is -2.61. The van der Waals surface area contributed by atoms with Crippen molar-refractivity contribution in [3.05, 3.63) is 25.7 Å². The van der Waals surface area contributed by atoms with Crippen molar-refractivity contribution in [3.63, 3.8) is 0 Å². The maximum Gasteiger partial charge on any atom is 0.111 e. The first-order valence-corrected chi connectivity index (χ1v) is 8.42. The molecular weight excluding hydrogens is 280 g/mol. The van der Waals surface area contributed by atoms with Gasteiger partial charge in [-0.1, -0.05) is 13.2 Å². The lowest BCUT2D eigenvalue weighted by molar-refractivity contribution is -0.240. The van der Waals surface area contributed by atoms with E-state index in [1.807, 2.05) is 0 Å². The molecule has 0 radical (unpaired) electrons. The number of ether oxygens (including phenoxy) is 4. The van der Waals surface area contributed by atoms with Crippen LogP contribution in [0.3, 0.4) is 0 Å². The molecule has 0 spiro atoms. The van der Waals surface area contributed by atoms with Crippen LogP contribution in [0.4, 0.5) is 0 Å². The van der Waals surface area contributed by atoms with Crippen LogP contribution in [0, 0.1) is 11.8 Å². The fourth-order valence-corrected chi connectivity index (χ4v) is 5.21. The first kappa shape index (κ1) is 15.9. The van der Waals surface area contributed by atoms with Crippen molar-refractivity contribution >= 4 is 0 Å². The van der Waals surface area contributed by atoms with Crippen LogP contribution in [0.25, 0.3) is 0 Å². The molecule has 4 fully saturated rings.